The number of carboxylic acid groups (broad SMARTS) is 5. The fourth-order valence-electron chi connectivity index (χ4n) is 3.35. The highest BCUT2D eigenvalue weighted by Gasteiger charge is 2.27. The summed E-state index contributed by atoms with van der Waals surface area (Å²) in [5.41, 5.74) is 0. The molecule has 4 atom stereocenters. The third kappa shape index (κ3) is 17.3. The van der Waals surface area contributed by atoms with Gasteiger partial charge in [0.1, 0.15) is 24.2 Å². The summed E-state index contributed by atoms with van der Waals surface area (Å²) in [6.45, 7) is 0. The first-order chi connectivity index (χ1) is 20.1. The number of amides is 4. The van der Waals surface area contributed by atoms with Crippen molar-refractivity contribution in [3.05, 3.63) is 0 Å². The van der Waals surface area contributed by atoms with Gasteiger partial charge in [-0.05, 0) is 25.7 Å². The molecule has 0 fully saturated rings. The Kier molecular flexibility index (Phi) is 17.5. The van der Waals surface area contributed by atoms with Crippen molar-refractivity contribution in [3.8, 4) is 0 Å². The molecule has 43 heavy (non-hydrogen) atoms. The van der Waals surface area contributed by atoms with Crippen LogP contribution in [0.3, 0.4) is 0 Å². The number of nitrogens with one attached hydrogen (secondary N) is 4. The van der Waals surface area contributed by atoms with Crippen molar-refractivity contribution >= 4 is 59.8 Å². The minimum atomic E-state index is -1.64. The Morgan fingerprint density at radius 1 is 0.442 bits per heavy atom. The Morgan fingerprint density at radius 3 is 0.977 bits per heavy atom. The lowest BCUT2D eigenvalue weighted by Gasteiger charge is -2.18. The third-order valence-electron chi connectivity index (χ3n) is 5.61. The van der Waals surface area contributed by atoms with E-state index >= 15 is 0 Å². The summed E-state index contributed by atoms with van der Waals surface area (Å²) < 4.78 is 0. The summed E-state index contributed by atoms with van der Waals surface area (Å²) in [7, 11) is 0. The normalized spacial score (nSPS) is 13.2. The van der Waals surface area contributed by atoms with Crippen molar-refractivity contribution in [3.63, 3.8) is 0 Å². The predicted molar refractivity (Wildman–Crippen MR) is 138 cm³/mol. The second-order valence-electron chi connectivity index (χ2n) is 9.03. The molecule has 0 saturated carbocycles. The first-order valence-corrected chi connectivity index (χ1v) is 12.7. The summed E-state index contributed by atoms with van der Waals surface area (Å²) in [6, 6.07) is -6.23. The van der Waals surface area contributed by atoms with Crippen LogP contribution in [0.25, 0.3) is 0 Å². The quantitative estimate of drug-likeness (QED) is 0.0566. The van der Waals surface area contributed by atoms with Crippen LogP contribution in [-0.4, -0.2) is 109 Å². The molecule has 0 aromatic rings. The van der Waals surface area contributed by atoms with E-state index in [0.29, 0.717) is 0 Å². The van der Waals surface area contributed by atoms with Crippen molar-refractivity contribution < 1.29 is 73.5 Å². The maximum Gasteiger partial charge on any atom is 0.326 e. The van der Waals surface area contributed by atoms with Gasteiger partial charge >= 0.3 is 29.8 Å². The van der Waals surface area contributed by atoms with Crippen LogP contribution in [0.15, 0.2) is 0 Å². The summed E-state index contributed by atoms with van der Waals surface area (Å²) in [5, 5.41) is 53.8. The zero-order chi connectivity index (χ0) is 33.1. The zero-order valence-corrected chi connectivity index (χ0v) is 22.7. The van der Waals surface area contributed by atoms with Gasteiger partial charge < -0.3 is 46.8 Å². The first kappa shape index (κ1) is 37.9. The van der Waals surface area contributed by atoms with Gasteiger partial charge in [0.05, 0.1) is 6.42 Å². The second-order valence-corrected chi connectivity index (χ2v) is 9.03. The van der Waals surface area contributed by atoms with Gasteiger partial charge in [-0.25, -0.2) is 19.2 Å². The van der Waals surface area contributed by atoms with Crippen molar-refractivity contribution in [2.24, 2.45) is 0 Å². The van der Waals surface area contributed by atoms with Gasteiger partial charge in [-0.15, -0.1) is 0 Å². The number of hydrogen-bond donors (Lipinski definition) is 9. The monoisotopic (exact) mass is 617 g/mol. The third-order valence-corrected chi connectivity index (χ3v) is 5.61. The molecule has 0 rings (SSSR count). The zero-order valence-electron chi connectivity index (χ0n) is 22.7. The van der Waals surface area contributed by atoms with Crippen LogP contribution < -0.4 is 21.3 Å². The number of hydrogen-bond acceptors (Lipinski definition) is 10. The Bertz CT molecular complexity index is 1080. The maximum absolute atomic E-state index is 12.3. The van der Waals surface area contributed by atoms with Crippen molar-refractivity contribution in [2.45, 2.75) is 88.4 Å². The van der Waals surface area contributed by atoms with E-state index in [9.17, 15) is 63.3 Å². The van der Waals surface area contributed by atoms with E-state index in [1.54, 1.807) is 0 Å². The molecule has 0 aliphatic heterocycles. The molecule has 1 radical (unpaired) electrons. The van der Waals surface area contributed by atoms with E-state index in [0.717, 1.165) is 0 Å². The molecule has 0 saturated heterocycles. The van der Waals surface area contributed by atoms with Crippen LogP contribution in [0.5, 0.6) is 0 Å². The van der Waals surface area contributed by atoms with Crippen LogP contribution in [0, 0.1) is 0 Å². The van der Waals surface area contributed by atoms with Crippen LogP contribution in [0.4, 0.5) is 0 Å². The van der Waals surface area contributed by atoms with Gasteiger partial charge in [0.2, 0.25) is 23.6 Å². The summed E-state index contributed by atoms with van der Waals surface area (Å²) >= 11 is 0. The minimum Gasteiger partial charge on any atom is -0.481 e. The first-order valence-electron chi connectivity index (χ1n) is 12.7. The molecule has 0 heterocycles. The van der Waals surface area contributed by atoms with E-state index in [1.165, 1.54) is 6.29 Å². The van der Waals surface area contributed by atoms with Gasteiger partial charge in [0, 0.05) is 32.1 Å². The molecule has 239 valence electrons. The number of aliphatic carboxylic acids is 5. The second kappa shape index (κ2) is 19.9. The number of carbonyl (C=O) groups is 9. The topological polar surface area (TPSA) is 320 Å². The molecule has 0 spiro atoms. The fourth-order valence-corrected chi connectivity index (χ4v) is 3.35. The minimum absolute atomic E-state index is 0.240. The van der Waals surface area contributed by atoms with Crippen molar-refractivity contribution in [1.82, 2.24) is 21.3 Å². The molecule has 9 N–H and O–H groups in total. The lowest BCUT2D eigenvalue weighted by Crippen LogP contribution is -2.45. The van der Waals surface area contributed by atoms with E-state index in [2.05, 4.69) is 16.0 Å². The molecule has 0 aliphatic carbocycles. The van der Waals surface area contributed by atoms with Crippen LogP contribution in [0.2, 0.25) is 0 Å². The molecule has 0 aromatic carbocycles. The molecule has 0 unspecified atom stereocenters. The molecule has 0 aliphatic rings. The number of carboxylic acids is 5. The highest BCUT2D eigenvalue weighted by molar-refractivity contribution is 5.88. The van der Waals surface area contributed by atoms with E-state index < -0.39 is 129 Å². The van der Waals surface area contributed by atoms with Crippen LogP contribution >= 0.6 is 0 Å². The van der Waals surface area contributed by atoms with Gasteiger partial charge in [0.25, 0.3) is 0 Å². The molecule has 0 aromatic heterocycles. The maximum atomic E-state index is 12.3. The largest absolute Gasteiger partial charge is 0.481 e. The van der Waals surface area contributed by atoms with Gasteiger partial charge in [-0.3, -0.25) is 28.8 Å². The molecular formula is C24H33N4O15. The highest BCUT2D eigenvalue weighted by atomic mass is 16.4. The number of rotatable bonds is 23. The van der Waals surface area contributed by atoms with E-state index in [-0.39, 0.29) is 12.8 Å². The van der Waals surface area contributed by atoms with Gasteiger partial charge in [-0.1, -0.05) is 0 Å². The molecule has 4 amide bonds. The fraction of sp³-hybridized carbons (Fsp3) is 0.583. The molecule has 19 heteroatoms. The molecular weight excluding hydrogens is 584 g/mol. The summed E-state index contributed by atoms with van der Waals surface area (Å²) in [6.07, 6.45) is -3.19. The average molecular weight is 618 g/mol. The lowest BCUT2D eigenvalue weighted by molar-refractivity contribution is -0.144. The van der Waals surface area contributed by atoms with Crippen LogP contribution in [-0.2, 0) is 47.9 Å². The standard InChI is InChI=1S/C24H33N4O15/c29-11-1-2-12(21(36)37)25-16(30)6-3-13(22(38)39)26-17(31)7-4-14(23(40)41)27-18(32)8-5-15(24(42)43)28-19(33)9-10-20(34)35/h12-15H,1-10H2,(H,25,30)(H,26,31)(H,27,32)(H,28,33)(H,34,35)(H,36,37)(H,38,39)(H,40,41)(H,42,43)/t12-,13-,14-,15-/m0/s1. The number of carbonyl (C=O) groups excluding carboxylic acids is 5. The predicted octanol–water partition coefficient (Wildman–Crippen LogP) is -2.64. The molecule has 0 bridgehead atoms. The van der Waals surface area contributed by atoms with Crippen molar-refractivity contribution in [1.29, 1.82) is 0 Å². The van der Waals surface area contributed by atoms with Gasteiger partial charge in [-0.2, -0.15) is 0 Å². The SMILES string of the molecule is O=[C]CC[C@H](NC(=O)CC[C@H](NC(=O)CC[C@H](NC(=O)CC[C@H](NC(=O)CCC(=O)O)C(=O)O)C(=O)O)C(=O)O)C(=O)O. The Hall–Kier alpha value is -5.10. The van der Waals surface area contributed by atoms with Crippen molar-refractivity contribution in [2.75, 3.05) is 0 Å². The van der Waals surface area contributed by atoms with E-state index in [1.807, 2.05) is 5.32 Å². The highest BCUT2D eigenvalue weighted by Crippen LogP contribution is 2.06. The summed E-state index contributed by atoms with van der Waals surface area (Å²) in [5.74, 6) is -11.0. The smallest absolute Gasteiger partial charge is 0.326 e. The van der Waals surface area contributed by atoms with E-state index in [4.69, 9.17) is 10.2 Å². The Labute approximate surface area is 243 Å². The summed E-state index contributed by atoms with van der Waals surface area (Å²) in [4.78, 5) is 114. The van der Waals surface area contributed by atoms with Gasteiger partial charge in [0.15, 0.2) is 6.29 Å². The van der Waals surface area contributed by atoms with Crippen LogP contribution in [0.1, 0.15) is 64.2 Å². The average Bonchev–Trinajstić information content (AvgIpc) is 2.91. The lowest BCUT2D eigenvalue weighted by atomic mass is 10.1. The Morgan fingerprint density at radius 2 is 0.721 bits per heavy atom. The molecule has 19 nitrogen and oxygen atoms in total. The Balaban J connectivity index is 4.89.